The average molecular weight is 316 g/mol. The second kappa shape index (κ2) is 5.99. The van der Waals surface area contributed by atoms with E-state index in [1.54, 1.807) is 0 Å². The SMILES string of the molecule is Cc1cc(NC(=O)C2(C(=O)O)CCOCC2)cc(Cl)c1F. The van der Waals surface area contributed by atoms with Gasteiger partial charge in [0.15, 0.2) is 5.41 Å². The van der Waals surface area contributed by atoms with Gasteiger partial charge in [-0.15, -0.1) is 0 Å². The molecule has 1 fully saturated rings. The highest BCUT2D eigenvalue weighted by molar-refractivity contribution is 6.31. The van der Waals surface area contributed by atoms with Gasteiger partial charge in [0, 0.05) is 18.9 Å². The van der Waals surface area contributed by atoms with Crippen LogP contribution in [0.15, 0.2) is 12.1 Å². The van der Waals surface area contributed by atoms with Crippen LogP contribution in [0.5, 0.6) is 0 Å². The molecule has 1 heterocycles. The third-order valence-electron chi connectivity index (χ3n) is 3.66. The number of carboxylic acid groups (broad SMARTS) is 1. The molecule has 1 aliphatic heterocycles. The molecule has 0 atom stereocenters. The highest BCUT2D eigenvalue weighted by atomic mass is 35.5. The van der Waals surface area contributed by atoms with Gasteiger partial charge in [0.25, 0.3) is 0 Å². The molecule has 0 spiro atoms. The zero-order valence-corrected chi connectivity index (χ0v) is 12.2. The van der Waals surface area contributed by atoms with Crippen molar-refractivity contribution in [2.45, 2.75) is 19.8 Å². The Morgan fingerprint density at radius 2 is 2.00 bits per heavy atom. The summed E-state index contributed by atoms with van der Waals surface area (Å²) in [5, 5.41) is 11.8. The van der Waals surface area contributed by atoms with Gasteiger partial charge in [0.1, 0.15) is 5.82 Å². The van der Waals surface area contributed by atoms with E-state index in [1.165, 1.54) is 19.1 Å². The minimum absolute atomic E-state index is 0.0993. The Labute approximate surface area is 126 Å². The van der Waals surface area contributed by atoms with Crippen LogP contribution >= 0.6 is 11.6 Å². The van der Waals surface area contributed by atoms with Gasteiger partial charge >= 0.3 is 5.97 Å². The predicted octanol–water partition coefficient (Wildman–Crippen LogP) is 2.61. The smallest absolute Gasteiger partial charge is 0.319 e. The number of anilines is 1. The number of aliphatic carboxylic acids is 1. The van der Waals surface area contributed by atoms with E-state index in [4.69, 9.17) is 16.3 Å². The summed E-state index contributed by atoms with van der Waals surface area (Å²) in [6, 6.07) is 2.67. The number of hydrogen-bond acceptors (Lipinski definition) is 3. The average Bonchev–Trinajstić information content (AvgIpc) is 2.45. The molecule has 0 aromatic heterocycles. The van der Waals surface area contributed by atoms with Gasteiger partial charge in [-0.05, 0) is 37.5 Å². The van der Waals surface area contributed by atoms with E-state index in [1.807, 2.05) is 0 Å². The maximum atomic E-state index is 13.5. The molecule has 1 aromatic rings. The number of carbonyl (C=O) groups is 2. The number of benzene rings is 1. The van der Waals surface area contributed by atoms with E-state index in [0.717, 1.165) is 0 Å². The van der Waals surface area contributed by atoms with Gasteiger partial charge in [-0.1, -0.05) is 11.6 Å². The molecular formula is C14H15ClFNO4. The summed E-state index contributed by atoms with van der Waals surface area (Å²) in [4.78, 5) is 23.8. The number of amides is 1. The molecule has 0 unspecified atom stereocenters. The number of aryl methyl sites for hydroxylation is 1. The number of carboxylic acids is 1. The lowest BCUT2D eigenvalue weighted by molar-refractivity contribution is -0.160. The quantitative estimate of drug-likeness (QED) is 0.841. The number of halogens is 2. The fraction of sp³-hybridized carbons (Fsp3) is 0.429. The number of ether oxygens (including phenoxy) is 1. The van der Waals surface area contributed by atoms with Crippen molar-refractivity contribution in [2.75, 3.05) is 18.5 Å². The normalized spacial score (nSPS) is 17.3. The lowest BCUT2D eigenvalue weighted by atomic mass is 9.79. The topological polar surface area (TPSA) is 75.6 Å². The first-order chi connectivity index (χ1) is 9.86. The van der Waals surface area contributed by atoms with Crippen LogP contribution in [0, 0.1) is 18.2 Å². The van der Waals surface area contributed by atoms with Crippen LogP contribution in [-0.2, 0) is 14.3 Å². The first kappa shape index (κ1) is 15.7. The minimum atomic E-state index is -1.52. The van der Waals surface area contributed by atoms with Crippen molar-refractivity contribution in [3.05, 3.63) is 28.5 Å². The number of nitrogens with one attached hydrogen (secondary N) is 1. The summed E-state index contributed by atoms with van der Waals surface area (Å²) >= 11 is 5.72. The Morgan fingerprint density at radius 1 is 1.38 bits per heavy atom. The highest BCUT2D eigenvalue weighted by Gasteiger charge is 2.47. The third kappa shape index (κ3) is 3.01. The van der Waals surface area contributed by atoms with Gasteiger partial charge in [-0.3, -0.25) is 9.59 Å². The van der Waals surface area contributed by atoms with Crippen LogP contribution in [0.2, 0.25) is 5.02 Å². The van der Waals surface area contributed by atoms with E-state index in [9.17, 15) is 19.1 Å². The van der Waals surface area contributed by atoms with Crippen molar-refractivity contribution in [3.63, 3.8) is 0 Å². The first-order valence-electron chi connectivity index (χ1n) is 6.45. The molecule has 1 saturated heterocycles. The van der Waals surface area contributed by atoms with Gasteiger partial charge in [-0.2, -0.15) is 0 Å². The molecule has 2 rings (SSSR count). The molecule has 1 aliphatic rings. The molecule has 1 aromatic carbocycles. The molecule has 0 aliphatic carbocycles. The zero-order valence-electron chi connectivity index (χ0n) is 11.4. The largest absolute Gasteiger partial charge is 0.480 e. The Hall–Kier alpha value is -1.66. The minimum Gasteiger partial charge on any atom is -0.480 e. The molecular weight excluding hydrogens is 301 g/mol. The molecule has 1 amide bonds. The standard InChI is InChI=1S/C14H15ClFNO4/c1-8-6-9(7-10(15)11(8)16)17-12(18)14(13(19)20)2-4-21-5-3-14/h6-7H,2-5H2,1H3,(H,17,18)(H,19,20). The molecule has 2 N–H and O–H groups in total. The zero-order chi connectivity index (χ0) is 15.6. The van der Waals surface area contributed by atoms with E-state index >= 15 is 0 Å². The molecule has 7 heteroatoms. The first-order valence-corrected chi connectivity index (χ1v) is 6.83. The van der Waals surface area contributed by atoms with Crippen molar-refractivity contribution in [1.29, 1.82) is 0 Å². The molecule has 21 heavy (non-hydrogen) atoms. The predicted molar refractivity (Wildman–Crippen MR) is 74.9 cm³/mol. The van der Waals surface area contributed by atoms with E-state index in [-0.39, 0.29) is 42.3 Å². The second-order valence-corrected chi connectivity index (χ2v) is 5.45. The Balaban J connectivity index is 2.25. The van der Waals surface area contributed by atoms with Crippen LogP contribution in [0.4, 0.5) is 10.1 Å². The van der Waals surface area contributed by atoms with Gasteiger partial charge in [0.05, 0.1) is 5.02 Å². The van der Waals surface area contributed by atoms with Crippen LogP contribution < -0.4 is 5.32 Å². The lowest BCUT2D eigenvalue weighted by Gasteiger charge is -2.31. The van der Waals surface area contributed by atoms with Gasteiger partial charge in [0.2, 0.25) is 5.91 Å². The highest BCUT2D eigenvalue weighted by Crippen LogP contribution is 2.33. The fourth-order valence-electron chi connectivity index (χ4n) is 2.31. The Bertz CT molecular complexity index is 561. The summed E-state index contributed by atoms with van der Waals surface area (Å²) in [7, 11) is 0. The van der Waals surface area contributed by atoms with Crippen molar-refractivity contribution in [2.24, 2.45) is 5.41 Å². The maximum absolute atomic E-state index is 13.5. The summed E-state index contributed by atoms with van der Waals surface area (Å²) < 4.78 is 18.6. The van der Waals surface area contributed by atoms with E-state index < -0.39 is 23.1 Å². The molecule has 0 saturated carbocycles. The summed E-state index contributed by atoms with van der Waals surface area (Å²) in [6.45, 7) is 1.93. The number of carbonyl (C=O) groups excluding carboxylic acids is 1. The monoisotopic (exact) mass is 315 g/mol. The van der Waals surface area contributed by atoms with Crippen LogP contribution in [-0.4, -0.2) is 30.2 Å². The van der Waals surface area contributed by atoms with Crippen LogP contribution in [0.1, 0.15) is 18.4 Å². The van der Waals surface area contributed by atoms with Crippen molar-refractivity contribution < 1.29 is 23.8 Å². The van der Waals surface area contributed by atoms with Crippen molar-refractivity contribution in [3.8, 4) is 0 Å². The Morgan fingerprint density at radius 3 is 2.52 bits per heavy atom. The fourth-order valence-corrected chi connectivity index (χ4v) is 2.57. The van der Waals surface area contributed by atoms with Gasteiger partial charge in [-0.25, -0.2) is 4.39 Å². The van der Waals surface area contributed by atoms with E-state index in [0.29, 0.717) is 0 Å². The molecule has 114 valence electrons. The summed E-state index contributed by atoms with van der Waals surface area (Å²) in [5.41, 5.74) is -0.974. The molecule has 0 radical (unpaired) electrons. The van der Waals surface area contributed by atoms with Gasteiger partial charge < -0.3 is 15.2 Å². The van der Waals surface area contributed by atoms with Crippen molar-refractivity contribution in [1.82, 2.24) is 0 Å². The second-order valence-electron chi connectivity index (χ2n) is 5.04. The van der Waals surface area contributed by atoms with Crippen LogP contribution in [0.25, 0.3) is 0 Å². The number of rotatable bonds is 3. The van der Waals surface area contributed by atoms with E-state index in [2.05, 4.69) is 5.32 Å². The summed E-state index contributed by atoms with van der Waals surface area (Å²) in [5.74, 6) is -2.39. The van der Waals surface area contributed by atoms with Crippen LogP contribution in [0.3, 0.4) is 0 Å². The molecule has 0 bridgehead atoms. The molecule has 5 nitrogen and oxygen atoms in total. The number of hydrogen-bond donors (Lipinski definition) is 2. The van der Waals surface area contributed by atoms with Crippen molar-refractivity contribution >= 4 is 29.2 Å². The lowest BCUT2D eigenvalue weighted by Crippen LogP contribution is -2.47. The third-order valence-corrected chi connectivity index (χ3v) is 3.93. The maximum Gasteiger partial charge on any atom is 0.319 e. The summed E-state index contributed by atoms with van der Waals surface area (Å²) in [6.07, 6.45) is 0.199. The Kier molecular flexibility index (Phi) is 4.49.